The lowest BCUT2D eigenvalue weighted by molar-refractivity contribution is -0.136. The van der Waals surface area contributed by atoms with Crippen molar-refractivity contribution in [2.45, 2.75) is 37.0 Å². The van der Waals surface area contributed by atoms with Crippen molar-refractivity contribution in [3.05, 3.63) is 156 Å². The van der Waals surface area contributed by atoms with Crippen LogP contribution in [0.1, 0.15) is 36.1 Å². The first kappa shape index (κ1) is 37.2. The van der Waals surface area contributed by atoms with Crippen LogP contribution in [0.5, 0.6) is 11.8 Å². The van der Waals surface area contributed by atoms with E-state index in [1.807, 2.05) is 13.8 Å². The van der Waals surface area contributed by atoms with Crippen LogP contribution in [0.4, 0.5) is 23.7 Å². The fourth-order valence-electron chi connectivity index (χ4n) is 6.98. The van der Waals surface area contributed by atoms with Gasteiger partial charge in [-0.3, -0.25) is 0 Å². The molecule has 7 rings (SSSR count). The number of carbonyl (C=O) groups excluding carboxylic acids is 1. The van der Waals surface area contributed by atoms with E-state index in [0.717, 1.165) is 10.4 Å². The van der Waals surface area contributed by atoms with Gasteiger partial charge < -0.3 is 14.8 Å². The number of nitrogens with one attached hydrogen (secondary N) is 2. The first-order valence-electron chi connectivity index (χ1n) is 17.2. The predicted molar refractivity (Wildman–Crippen MR) is 202 cm³/mol. The average molecular weight is 767 g/mol. The molecular formula is C41H37F3N6O4S. The second kappa shape index (κ2) is 14.3. The summed E-state index contributed by atoms with van der Waals surface area (Å²) in [5.74, 6) is 0.161. The first-order chi connectivity index (χ1) is 26.3. The van der Waals surface area contributed by atoms with Gasteiger partial charge in [0, 0.05) is 23.2 Å². The van der Waals surface area contributed by atoms with Crippen LogP contribution < -0.4 is 14.8 Å². The molecule has 2 aromatic heterocycles. The number of fused-ring (bicyclic) bond motifs is 1. The van der Waals surface area contributed by atoms with Gasteiger partial charge in [-0.05, 0) is 34.4 Å². The SMILES string of the molecule is COc1cc(-c2cccc(C(F)(F)F)c2NC(=O)N(C(c2ccccc2)(c2ccccc2)c2ccccc2)S(=N)(=O)c2cnn3c2OCC(C)(C)C3)ccn1. The molecule has 1 unspecified atom stereocenters. The Labute approximate surface area is 316 Å². The molecule has 0 saturated carbocycles. The van der Waals surface area contributed by atoms with Crippen molar-refractivity contribution in [3.8, 4) is 22.9 Å². The summed E-state index contributed by atoms with van der Waals surface area (Å²) in [5.41, 5.74) is -2.55. The molecule has 0 aliphatic carbocycles. The van der Waals surface area contributed by atoms with Crippen LogP contribution >= 0.6 is 0 Å². The van der Waals surface area contributed by atoms with Gasteiger partial charge in [0.2, 0.25) is 11.8 Å². The maximum Gasteiger partial charge on any atom is 0.418 e. The number of carbonyl (C=O) groups is 1. The summed E-state index contributed by atoms with van der Waals surface area (Å²) in [6.07, 6.45) is -2.33. The monoisotopic (exact) mass is 766 g/mol. The molecule has 0 saturated heterocycles. The van der Waals surface area contributed by atoms with Crippen molar-refractivity contribution in [1.29, 1.82) is 4.78 Å². The molecule has 0 radical (unpaired) electrons. The molecule has 1 aliphatic heterocycles. The number of nitrogens with zero attached hydrogens (tertiary/aromatic N) is 4. The second-order valence-electron chi connectivity index (χ2n) is 13.8. The quantitative estimate of drug-likeness (QED) is 0.142. The van der Waals surface area contributed by atoms with E-state index in [2.05, 4.69) is 15.4 Å². The summed E-state index contributed by atoms with van der Waals surface area (Å²) in [7, 11) is -3.22. The molecule has 1 aliphatic rings. The molecule has 0 spiro atoms. The van der Waals surface area contributed by atoms with Crippen molar-refractivity contribution in [3.63, 3.8) is 0 Å². The van der Waals surface area contributed by atoms with Crippen molar-refractivity contribution in [2.24, 2.45) is 5.41 Å². The highest BCUT2D eigenvalue weighted by molar-refractivity contribution is 7.90. The Balaban J connectivity index is 1.55. The number of urea groups is 1. The van der Waals surface area contributed by atoms with Gasteiger partial charge in [-0.2, -0.15) is 18.3 Å². The summed E-state index contributed by atoms with van der Waals surface area (Å²) in [6, 6.07) is 31.2. The van der Waals surface area contributed by atoms with E-state index in [4.69, 9.17) is 9.47 Å². The number of rotatable bonds is 9. The lowest BCUT2D eigenvalue weighted by atomic mass is 9.77. The van der Waals surface area contributed by atoms with Crippen LogP contribution in [0.25, 0.3) is 11.1 Å². The summed E-state index contributed by atoms with van der Waals surface area (Å²) >= 11 is 0. The van der Waals surface area contributed by atoms with Crippen molar-refractivity contribution in [1.82, 2.24) is 19.1 Å². The summed E-state index contributed by atoms with van der Waals surface area (Å²) in [4.78, 5) is 19.4. The highest BCUT2D eigenvalue weighted by atomic mass is 32.2. The Kier molecular flexibility index (Phi) is 9.63. The molecular weight excluding hydrogens is 730 g/mol. The lowest BCUT2D eigenvalue weighted by Gasteiger charge is -2.45. The van der Waals surface area contributed by atoms with E-state index in [9.17, 15) is 18.0 Å². The number of ether oxygens (including phenoxy) is 2. The Morgan fingerprint density at radius 3 is 2.04 bits per heavy atom. The van der Waals surface area contributed by atoms with Crippen LogP contribution in [0.2, 0.25) is 0 Å². The minimum Gasteiger partial charge on any atom is -0.481 e. The van der Waals surface area contributed by atoms with E-state index in [1.54, 1.807) is 91.0 Å². The molecule has 55 heavy (non-hydrogen) atoms. The maximum absolute atomic E-state index is 15.9. The van der Waals surface area contributed by atoms with E-state index >= 15 is 9.00 Å². The molecule has 2 amide bonds. The van der Waals surface area contributed by atoms with Crippen molar-refractivity contribution >= 4 is 21.6 Å². The van der Waals surface area contributed by atoms with Gasteiger partial charge in [0.15, 0.2) is 9.92 Å². The fourth-order valence-corrected chi connectivity index (χ4v) is 8.75. The Hall–Kier alpha value is -6.15. The zero-order chi connectivity index (χ0) is 39.0. The number of aromatic nitrogens is 3. The van der Waals surface area contributed by atoms with Crippen molar-refractivity contribution in [2.75, 3.05) is 19.0 Å². The third-order valence-corrected chi connectivity index (χ3v) is 11.2. The topological polar surface area (TPSA) is 122 Å². The average Bonchev–Trinajstić information content (AvgIpc) is 3.60. The van der Waals surface area contributed by atoms with Gasteiger partial charge in [-0.1, -0.05) is 117 Å². The molecule has 282 valence electrons. The van der Waals surface area contributed by atoms with Gasteiger partial charge in [0.1, 0.15) is 10.4 Å². The molecule has 4 aromatic carbocycles. The number of para-hydroxylation sites is 1. The van der Waals surface area contributed by atoms with Gasteiger partial charge in [0.25, 0.3) is 0 Å². The first-order valence-corrected chi connectivity index (χ1v) is 18.7. The number of anilines is 1. The zero-order valence-corrected chi connectivity index (χ0v) is 30.9. The highest BCUT2D eigenvalue weighted by Gasteiger charge is 2.52. The number of benzene rings is 4. The van der Waals surface area contributed by atoms with E-state index in [0.29, 0.717) is 23.2 Å². The molecule has 14 heteroatoms. The zero-order valence-electron chi connectivity index (χ0n) is 30.1. The molecule has 1 atom stereocenters. The van der Waals surface area contributed by atoms with Crippen LogP contribution in [0.15, 0.2) is 139 Å². The van der Waals surface area contributed by atoms with E-state index in [-0.39, 0.29) is 39.8 Å². The van der Waals surface area contributed by atoms with Gasteiger partial charge >= 0.3 is 12.2 Å². The Morgan fingerprint density at radius 2 is 1.49 bits per heavy atom. The molecule has 3 heterocycles. The number of methoxy groups -OCH3 is 1. The smallest absolute Gasteiger partial charge is 0.418 e. The summed E-state index contributed by atoms with van der Waals surface area (Å²) < 4.78 is 84.4. The van der Waals surface area contributed by atoms with Crippen LogP contribution in [-0.2, 0) is 28.2 Å². The Morgan fingerprint density at radius 1 is 0.909 bits per heavy atom. The number of amides is 2. The summed E-state index contributed by atoms with van der Waals surface area (Å²) in [5, 5.41) is 6.96. The minimum absolute atomic E-state index is 0.0153. The van der Waals surface area contributed by atoms with Gasteiger partial charge in [0.05, 0.1) is 37.7 Å². The largest absolute Gasteiger partial charge is 0.481 e. The molecule has 10 nitrogen and oxygen atoms in total. The van der Waals surface area contributed by atoms with Gasteiger partial charge in [-0.15, -0.1) is 0 Å². The molecule has 6 aromatic rings. The molecule has 2 N–H and O–H groups in total. The third kappa shape index (κ3) is 6.78. The van der Waals surface area contributed by atoms with Gasteiger partial charge in [-0.25, -0.2) is 27.8 Å². The number of hydrogen-bond donors (Lipinski definition) is 2. The number of hydrogen-bond acceptors (Lipinski definition) is 7. The van der Waals surface area contributed by atoms with E-state index in [1.165, 1.54) is 48.5 Å². The summed E-state index contributed by atoms with van der Waals surface area (Å²) in [6.45, 7) is 4.50. The molecule has 0 bridgehead atoms. The fraction of sp³-hybridized carbons (Fsp3) is 0.195. The Bertz CT molecular complexity index is 2340. The van der Waals surface area contributed by atoms with Crippen LogP contribution in [0.3, 0.4) is 0 Å². The second-order valence-corrected chi connectivity index (χ2v) is 15.7. The predicted octanol–water partition coefficient (Wildman–Crippen LogP) is 9.24. The maximum atomic E-state index is 15.9. The highest BCUT2D eigenvalue weighted by Crippen LogP contribution is 2.48. The number of halogens is 3. The van der Waals surface area contributed by atoms with Crippen LogP contribution in [-0.4, -0.2) is 43.0 Å². The van der Waals surface area contributed by atoms with Crippen LogP contribution in [0, 0.1) is 10.2 Å². The minimum atomic E-state index is -4.94. The molecule has 0 fully saturated rings. The normalized spacial score (nSPS) is 14.9. The number of alkyl halides is 3. The standard InChI is InChI=1S/C41H37F3N6O4S/c1-39(2)26-49-37(54-27-39)34(25-47-49)55(45,52)50(40(29-14-7-4-8-15-29,30-16-9-5-10-17-30)31-18-11-6-12-19-31)38(51)48-36-32(20-13-21-33(36)41(42,43)44)28-22-23-46-35(24-28)53-3/h4-25,45H,26-27H2,1-3H3,(H,48,51). The number of pyridine rings is 1. The third-order valence-electron chi connectivity index (χ3n) is 9.41. The van der Waals surface area contributed by atoms with E-state index < -0.39 is 38.9 Å². The van der Waals surface area contributed by atoms with Crippen molar-refractivity contribution < 1.29 is 31.6 Å². The lowest BCUT2D eigenvalue weighted by Crippen LogP contribution is -2.55.